The highest BCUT2D eigenvalue weighted by Gasteiger charge is 2.11. The molecule has 1 aromatic heterocycles. The van der Waals surface area contributed by atoms with Gasteiger partial charge in [-0.1, -0.05) is 23.4 Å². The molecule has 152 valence electrons. The second kappa shape index (κ2) is 10.7. The van der Waals surface area contributed by atoms with E-state index < -0.39 is 6.10 Å². The van der Waals surface area contributed by atoms with Crippen LogP contribution in [0.2, 0.25) is 0 Å². The topological polar surface area (TPSA) is 102 Å². The lowest BCUT2D eigenvalue weighted by Crippen LogP contribution is -2.33. The van der Waals surface area contributed by atoms with Gasteiger partial charge < -0.3 is 24.6 Å². The van der Waals surface area contributed by atoms with E-state index in [1.165, 1.54) is 0 Å². The van der Waals surface area contributed by atoms with Crippen LogP contribution in [0.1, 0.15) is 5.56 Å². The Morgan fingerprint density at radius 1 is 1.11 bits per heavy atom. The Balaban J connectivity index is 0.00000280. The lowest BCUT2D eigenvalue weighted by Gasteiger charge is -2.14. The largest absolute Gasteiger partial charge is 0.493 e. The number of aromatic amines is 1. The van der Waals surface area contributed by atoms with Crippen LogP contribution >= 0.6 is 12.4 Å². The Bertz CT molecular complexity index is 874. The minimum absolute atomic E-state index is 0. The van der Waals surface area contributed by atoms with E-state index in [0.29, 0.717) is 42.5 Å². The number of aryl methyl sites for hydroxylation is 1. The Hall–Kier alpha value is -2.55. The molecule has 1 atom stereocenters. The summed E-state index contributed by atoms with van der Waals surface area (Å²) in [5.41, 5.74) is 2.55. The minimum atomic E-state index is -0.653. The molecule has 0 fully saturated rings. The lowest BCUT2D eigenvalue weighted by molar-refractivity contribution is 0.106. The molecule has 3 N–H and O–H groups in total. The molecule has 28 heavy (non-hydrogen) atoms. The van der Waals surface area contributed by atoms with E-state index in [-0.39, 0.29) is 19.0 Å². The summed E-state index contributed by atoms with van der Waals surface area (Å²) in [5.74, 6) is 1.99. The van der Waals surface area contributed by atoms with Crippen molar-refractivity contribution in [3.05, 3.63) is 42.0 Å². The number of nitrogens with zero attached hydrogens (tertiary/aromatic N) is 2. The Morgan fingerprint density at radius 2 is 1.89 bits per heavy atom. The molecule has 0 saturated heterocycles. The van der Waals surface area contributed by atoms with Crippen LogP contribution in [-0.4, -0.2) is 60.0 Å². The Kier molecular flexibility index (Phi) is 8.31. The molecule has 1 unspecified atom stereocenters. The zero-order valence-electron chi connectivity index (χ0n) is 15.8. The highest BCUT2D eigenvalue weighted by Crippen LogP contribution is 2.25. The first-order valence-corrected chi connectivity index (χ1v) is 8.77. The molecule has 3 aromatic rings. The fraction of sp³-hybridized carbons (Fsp3) is 0.368. The molecule has 0 aliphatic heterocycles. The molecular formula is C19H25ClN4O4. The normalized spacial score (nSPS) is 11.7. The number of halogens is 1. The fourth-order valence-electron chi connectivity index (χ4n) is 2.64. The number of hydrogen-bond acceptors (Lipinski definition) is 7. The van der Waals surface area contributed by atoms with Crippen LogP contribution < -0.4 is 19.5 Å². The van der Waals surface area contributed by atoms with E-state index in [1.807, 2.05) is 43.3 Å². The molecule has 9 heteroatoms. The van der Waals surface area contributed by atoms with Crippen molar-refractivity contribution >= 4 is 23.4 Å². The molecule has 0 aliphatic carbocycles. The third-order valence-electron chi connectivity index (χ3n) is 4.08. The zero-order chi connectivity index (χ0) is 19.1. The molecule has 0 aliphatic rings. The van der Waals surface area contributed by atoms with Crippen molar-refractivity contribution in [2.24, 2.45) is 0 Å². The van der Waals surface area contributed by atoms with Crippen LogP contribution in [-0.2, 0) is 0 Å². The van der Waals surface area contributed by atoms with Gasteiger partial charge in [-0.15, -0.1) is 17.5 Å². The molecule has 1 heterocycles. The quantitative estimate of drug-likeness (QED) is 0.441. The molecule has 0 bridgehead atoms. The van der Waals surface area contributed by atoms with E-state index in [1.54, 1.807) is 7.11 Å². The first-order valence-electron chi connectivity index (χ1n) is 8.77. The van der Waals surface area contributed by atoms with Gasteiger partial charge in [-0.3, -0.25) is 5.10 Å². The average Bonchev–Trinajstić information content (AvgIpc) is 3.18. The third kappa shape index (κ3) is 5.48. The van der Waals surface area contributed by atoms with E-state index >= 15 is 0 Å². The number of aromatic nitrogens is 3. The van der Waals surface area contributed by atoms with Gasteiger partial charge in [-0.25, -0.2) is 0 Å². The van der Waals surface area contributed by atoms with E-state index in [4.69, 9.17) is 14.2 Å². The van der Waals surface area contributed by atoms with E-state index in [0.717, 1.165) is 11.1 Å². The van der Waals surface area contributed by atoms with Crippen molar-refractivity contribution in [1.82, 2.24) is 20.7 Å². The number of hydrogen-bond donors (Lipinski definition) is 3. The maximum atomic E-state index is 10.1. The third-order valence-corrected chi connectivity index (χ3v) is 4.08. The van der Waals surface area contributed by atoms with Gasteiger partial charge in [0.05, 0.1) is 12.6 Å². The highest BCUT2D eigenvalue weighted by molar-refractivity contribution is 5.85. The zero-order valence-corrected chi connectivity index (χ0v) is 16.7. The number of fused-ring (bicyclic) bond motifs is 1. The highest BCUT2D eigenvalue weighted by atomic mass is 35.5. The second-order valence-corrected chi connectivity index (χ2v) is 6.08. The molecule has 2 aromatic carbocycles. The molecule has 0 radical (unpaired) electrons. The lowest BCUT2D eigenvalue weighted by atomic mass is 10.2. The molecule has 8 nitrogen and oxygen atoms in total. The van der Waals surface area contributed by atoms with Gasteiger partial charge in [0, 0.05) is 13.1 Å². The summed E-state index contributed by atoms with van der Waals surface area (Å²) in [6, 6.07) is 11.2. The van der Waals surface area contributed by atoms with Gasteiger partial charge in [-0.2, -0.15) is 0 Å². The second-order valence-electron chi connectivity index (χ2n) is 6.08. The van der Waals surface area contributed by atoms with Gasteiger partial charge in [0.25, 0.3) is 0 Å². The Labute approximate surface area is 169 Å². The van der Waals surface area contributed by atoms with Gasteiger partial charge >= 0.3 is 0 Å². The molecular weight excluding hydrogens is 384 g/mol. The first-order chi connectivity index (χ1) is 13.2. The number of rotatable bonds is 10. The van der Waals surface area contributed by atoms with Crippen molar-refractivity contribution in [2.45, 2.75) is 13.0 Å². The summed E-state index contributed by atoms with van der Waals surface area (Å²) in [5, 5.41) is 23.9. The van der Waals surface area contributed by atoms with Gasteiger partial charge in [0.15, 0.2) is 17.0 Å². The summed E-state index contributed by atoms with van der Waals surface area (Å²) < 4.78 is 16.6. The summed E-state index contributed by atoms with van der Waals surface area (Å²) in [4.78, 5) is 0. The maximum Gasteiger partial charge on any atom is 0.161 e. The molecule has 3 rings (SSSR count). The number of ether oxygens (including phenoxy) is 3. The van der Waals surface area contributed by atoms with Gasteiger partial charge in [0.1, 0.15) is 25.1 Å². The van der Waals surface area contributed by atoms with Crippen LogP contribution in [0.4, 0.5) is 0 Å². The summed E-state index contributed by atoms with van der Waals surface area (Å²) in [7, 11) is 1.61. The van der Waals surface area contributed by atoms with Crippen molar-refractivity contribution in [3.8, 4) is 17.2 Å². The molecule has 0 spiro atoms. The minimum Gasteiger partial charge on any atom is -0.493 e. The predicted molar refractivity (Wildman–Crippen MR) is 109 cm³/mol. The van der Waals surface area contributed by atoms with E-state index in [9.17, 15) is 5.11 Å². The predicted octanol–water partition coefficient (Wildman–Crippen LogP) is 2.11. The van der Waals surface area contributed by atoms with Gasteiger partial charge in [-0.05, 0) is 30.7 Å². The number of methoxy groups -OCH3 is 1. The number of aliphatic hydroxyl groups excluding tert-OH is 1. The van der Waals surface area contributed by atoms with Crippen LogP contribution in [0.5, 0.6) is 17.2 Å². The molecule has 0 amide bonds. The average molecular weight is 409 g/mol. The van der Waals surface area contributed by atoms with Crippen LogP contribution in [0.15, 0.2) is 36.4 Å². The van der Waals surface area contributed by atoms with Crippen LogP contribution in [0.3, 0.4) is 0 Å². The maximum absolute atomic E-state index is 10.1. The van der Waals surface area contributed by atoms with Crippen molar-refractivity contribution < 1.29 is 19.3 Å². The van der Waals surface area contributed by atoms with Crippen LogP contribution in [0.25, 0.3) is 11.0 Å². The SMILES string of the molecule is COc1ccccc1OCCNCC(O)COc1ccc(C)c2[nH]nnc12.Cl. The number of para-hydroxylation sites is 2. The van der Waals surface area contributed by atoms with E-state index in [2.05, 4.69) is 20.7 Å². The van der Waals surface area contributed by atoms with Crippen molar-refractivity contribution in [2.75, 3.05) is 33.4 Å². The number of nitrogens with one attached hydrogen (secondary N) is 2. The number of H-pyrrole nitrogens is 1. The monoisotopic (exact) mass is 408 g/mol. The smallest absolute Gasteiger partial charge is 0.161 e. The van der Waals surface area contributed by atoms with Crippen LogP contribution in [0, 0.1) is 6.92 Å². The number of benzene rings is 2. The fourth-order valence-corrected chi connectivity index (χ4v) is 2.64. The first kappa shape index (κ1) is 21.7. The van der Waals surface area contributed by atoms with Crippen molar-refractivity contribution in [1.29, 1.82) is 0 Å². The summed E-state index contributed by atoms with van der Waals surface area (Å²) in [6.07, 6.45) is -0.653. The summed E-state index contributed by atoms with van der Waals surface area (Å²) in [6.45, 7) is 3.57. The molecule has 0 saturated carbocycles. The van der Waals surface area contributed by atoms with Gasteiger partial charge in [0.2, 0.25) is 0 Å². The van der Waals surface area contributed by atoms with Crippen molar-refractivity contribution in [3.63, 3.8) is 0 Å². The Morgan fingerprint density at radius 3 is 2.68 bits per heavy atom. The number of aliphatic hydroxyl groups is 1. The standard InChI is InChI=1S/C19H24N4O4.ClH/c1-13-7-8-17(19-18(13)21-23-22-19)27-12-14(24)11-20-9-10-26-16-6-4-3-5-15(16)25-2;/h3-8,14,20,24H,9-12H2,1-2H3,(H,21,22,23);1H. The summed E-state index contributed by atoms with van der Waals surface area (Å²) >= 11 is 0.